The van der Waals surface area contributed by atoms with Crippen molar-refractivity contribution >= 4 is 35.0 Å². The fourth-order valence-electron chi connectivity index (χ4n) is 2.57. The summed E-state index contributed by atoms with van der Waals surface area (Å²) in [6, 6.07) is 13.5. The summed E-state index contributed by atoms with van der Waals surface area (Å²) in [5, 5.41) is 15.0. The summed E-state index contributed by atoms with van der Waals surface area (Å²) in [6.45, 7) is 0. The van der Waals surface area contributed by atoms with E-state index in [9.17, 15) is 9.18 Å². The molecule has 0 saturated heterocycles. The normalized spacial score (nSPS) is 10.9. The van der Waals surface area contributed by atoms with Crippen molar-refractivity contribution in [2.45, 2.75) is 23.8 Å². The molecular weight excluding hydrogens is 445 g/mol. The van der Waals surface area contributed by atoms with Crippen molar-refractivity contribution in [3.8, 4) is 11.5 Å². The second kappa shape index (κ2) is 9.71. The van der Waals surface area contributed by atoms with Gasteiger partial charge in [-0.15, -0.1) is 10.2 Å². The summed E-state index contributed by atoms with van der Waals surface area (Å²) in [5.74, 6) is 0.549. The molecule has 0 radical (unpaired) electrons. The number of carbonyl (C=O) groups excluding carboxylic acids is 1. The fraction of sp³-hybridized carbons (Fsp3) is 0.150. The quantitative estimate of drug-likeness (QED) is 0.375. The van der Waals surface area contributed by atoms with Crippen LogP contribution in [0.5, 0.6) is 0 Å². The fourth-order valence-corrected chi connectivity index (χ4v) is 3.33. The first-order valence-electron chi connectivity index (χ1n) is 9.15. The van der Waals surface area contributed by atoms with Gasteiger partial charge in [0.2, 0.25) is 17.7 Å². The van der Waals surface area contributed by atoms with E-state index in [-0.39, 0.29) is 29.5 Å². The molecule has 0 aliphatic rings. The molecule has 0 spiro atoms. The number of nitrogens with one attached hydrogen (secondary N) is 1. The Hall–Kier alpha value is -3.24. The maximum absolute atomic E-state index is 13.7. The third kappa shape index (κ3) is 5.68. The lowest BCUT2D eigenvalue weighted by Gasteiger charge is -2.05. The van der Waals surface area contributed by atoms with E-state index >= 15 is 0 Å². The van der Waals surface area contributed by atoms with Gasteiger partial charge in [0.15, 0.2) is 5.82 Å². The maximum atomic E-state index is 13.7. The number of halogens is 2. The van der Waals surface area contributed by atoms with Gasteiger partial charge in [-0.3, -0.25) is 4.79 Å². The van der Waals surface area contributed by atoms with Crippen LogP contribution in [-0.2, 0) is 17.0 Å². The van der Waals surface area contributed by atoms with Crippen LogP contribution >= 0.6 is 23.4 Å². The van der Waals surface area contributed by atoms with E-state index in [1.165, 1.54) is 23.9 Å². The summed E-state index contributed by atoms with van der Waals surface area (Å²) < 4.78 is 24.5. The van der Waals surface area contributed by atoms with E-state index in [0.717, 1.165) is 11.6 Å². The Morgan fingerprint density at radius 1 is 1.16 bits per heavy atom. The van der Waals surface area contributed by atoms with Crippen molar-refractivity contribution in [2.75, 3.05) is 5.32 Å². The molecule has 4 aromatic rings. The number of carbonyl (C=O) groups is 1. The standard InChI is InChI=1S/C20H15ClFN5O3S/c21-13-6-7-15(14(22)10-13)23-17(28)8-9-18-24-16(27-30-18)11-31-20-26-25-19(29-20)12-4-2-1-3-5-12/h1-7,10H,8-9,11H2,(H,23,28). The Kier molecular flexibility index (Phi) is 6.58. The predicted octanol–water partition coefficient (Wildman–Crippen LogP) is 4.78. The molecule has 0 unspecified atom stereocenters. The highest BCUT2D eigenvalue weighted by Gasteiger charge is 2.14. The molecule has 2 heterocycles. The molecule has 0 saturated carbocycles. The SMILES string of the molecule is O=C(CCc1nc(CSc2nnc(-c3ccccc3)o2)no1)Nc1ccc(Cl)cc1F. The highest BCUT2D eigenvalue weighted by atomic mass is 35.5. The van der Waals surface area contributed by atoms with Crippen molar-refractivity contribution in [3.05, 3.63) is 71.1 Å². The molecule has 31 heavy (non-hydrogen) atoms. The predicted molar refractivity (Wildman–Crippen MR) is 112 cm³/mol. The first-order chi connectivity index (χ1) is 15.1. The number of anilines is 1. The van der Waals surface area contributed by atoms with Gasteiger partial charge >= 0.3 is 0 Å². The van der Waals surface area contributed by atoms with E-state index in [1.807, 2.05) is 30.3 Å². The molecule has 1 N–H and O–H groups in total. The zero-order valence-corrected chi connectivity index (χ0v) is 17.5. The summed E-state index contributed by atoms with van der Waals surface area (Å²) in [4.78, 5) is 16.3. The number of nitrogens with zero attached hydrogens (tertiary/aromatic N) is 4. The van der Waals surface area contributed by atoms with Crippen molar-refractivity contribution in [1.29, 1.82) is 0 Å². The van der Waals surface area contributed by atoms with Gasteiger partial charge in [0, 0.05) is 23.4 Å². The van der Waals surface area contributed by atoms with Crippen LogP contribution in [0.25, 0.3) is 11.5 Å². The molecule has 1 amide bonds. The van der Waals surface area contributed by atoms with E-state index < -0.39 is 5.82 Å². The Morgan fingerprint density at radius 3 is 2.81 bits per heavy atom. The molecule has 0 aliphatic carbocycles. The number of thioether (sulfide) groups is 1. The number of hydrogen-bond acceptors (Lipinski definition) is 8. The van der Waals surface area contributed by atoms with Crippen LogP contribution in [-0.4, -0.2) is 26.2 Å². The minimum absolute atomic E-state index is 0.0565. The largest absolute Gasteiger partial charge is 0.411 e. The number of benzene rings is 2. The summed E-state index contributed by atoms with van der Waals surface area (Å²) in [7, 11) is 0. The van der Waals surface area contributed by atoms with Gasteiger partial charge in [-0.2, -0.15) is 4.98 Å². The smallest absolute Gasteiger partial charge is 0.277 e. The molecule has 2 aromatic carbocycles. The zero-order valence-electron chi connectivity index (χ0n) is 15.9. The number of aryl methyl sites for hydroxylation is 1. The first kappa shape index (κ1) is 21.0. The molecular formula is C20H15ClFN5O3S. The lowest BCUT2D eigenvalue weighted by molar-refractivity contribution is -0.116. The highest BCUT2D eigenvalue weighted by molar-refractivity contribution is 7.98. The van der Waals surface area contributed by atoms with Crippen molar-refractivity contribution < 1.29 is 18.1 Å². The zero-order chi connectivity index (χ0) is 21.6. The third-order valence-electron chi connectivity index (χ3n) is 4.03. The number of hydrogen-bond donors (Lipinski definition) is 1. The average Bonchev–Trinajstić information content (AvgIpc) is 3.43. The van der Waals surface area contributed by atoms with Gasteiger partial charge in [0.05, 0.1) is 11.4 Å². The molecule has 158 valence electrons. The van der Waals surface area contributed by atoms with Crippen molar-refractivity contribution in [2.24, 2.45) is 0 Å². The summed E-state index contributed by atoms with van der Waals surface area (Å²) in [5.41, 5.74) is 0.895. The van der Waals surface area contributed by atoms with E-state index in [4.69, 9.17) is 20.5 Å². The minimum Gasteiger partial charge on any atom is -0.411 e. The Morgan fingerprint density at radius 2 is 2.00 bits per heavy atom. The lowest BCUT2D eigenvalue weighted by atomic mass is 10.2. The van der Waals surface area contributed by atoms with Crippen LogP contribution < -0.4 is 5.32 Å². The van der Waals surface area contributed by atoms with Crippen LogP contribution in [0, 0.1) is 5.82 Å². The summed E-state index contributed by atoms with van der Waals surface area (Å²) in [6.07, 6.45) is 0.276. The maximum Gasteiger partial charge on any atom is 0.277 e. The molecule has 8 nitrogen and oxygen atoms in total. The molecule has 0 atom stereocenters. The Balaban J connectivity index is 1.26. The van der Waals surface area contributed by atoms with Crippen molar-refractivity contribution in [3.63, 3.8) is 0 Å². The molecule has 4 rings (SSSR count). The van der Waals surface area contributed by atoms with Crippen LogP contribution in [0.2, 0.25) is 5.02 Å². The second-order valence-corrected chi connectivity index (χ2v) is 7.67. The Bertz CT molecular complexity index is 1180. The molecule has 2 aromatic heterocycles. The first-order valence-corrected chi connectivity index (χ1v) is 10.5. The molecule has 0 bridgehead atoms. The van der Waals surface area contributed by atoms with E-state index in [1.54, 1.807) is 0 Å². The monoisotopic (exact) mass is 459 g/mol. The third-order valence-corrected chi connectivity index (χ3v) is 5.08. The van der Waals surface area contributed by atoms with E-state index in [2.05, 4.69) is 25.7 Å². The topological polar surface area (TPSA) is 107 Å². The van der Waals surface area contributed by atoms with Gasteiger partial charge < -0.3 is 14.3 Å². The average molecular weight is 460 g/mol. The van der Waals surface area contributed by atoms with Crippen LogP contribution in [0.4, 0.5) is 10.1 Å². The summed E-state index contributed by atoms with van der Waals surface area (Å²) >= 11 is 6.97. The molecule has 0 aliphatic heterocycles. The highest BCUT2D eigenvalue weighted by Crippen LogP contribution is 2.25. The van der Waals surface area contributed by atoms with Gasteiger partial charge in [0.25, 0.3) is 5.22 Å². The number of aromatic nitrogens is 4. The van der Waals surface area contributed by atoms with Gasteiger partial charge in [-0.05, 0) is 30.3 Å². The minimum atomic E-state index is -0.602. The van der Waals surface area contributed by atoms with Crippen molar-refractivity contribution in [1.82, 2.24) is 20.3 Å². The van der Waals surface area contributed by atoms with Crippen LogP contribution in [0.1, 0.15) is 18.1 Å². The Labute approximate surface area is 185 Å². The van der Waals surface area contributed by atoms with Gasteiger partial charge in [-0.25, -0.2) is 4.39 Å². The number of amides is 1. The van der Waals surface area contributed by atoms with Crippen LogP contribution in [0.3, 0.4) is 0 Å². The van der Waals surface area contributed by atoms with Gasteiger partial charge in [-0.1, -0.05) is 46.7 Å². The lowest BCUT2D eigenvalue weighted by Crippen LogP contribution is -2.13. The number of rotatable bonds is 8. The van der Waals surface area contributed by atoms with E-state index in [0.29, 0.717) is 28.6 Å². The van der Waals surface area contributed by atoms with Gasteiger partial charge in [0.1, 0.15) is 5.82 Å². The van der Waals surface area contributed by atoms with Crippen LogP contribution in [0.15, 0.2) is 62.7 Å². The molecule has 11 heteroatoms. The molecule has 0 fully saturated rings. The second-order valence-electron chi connectivity index (χ2n) is 6.30.